The van der Waals surface area contributed by atoms with Gasteiger partial charge in [-0.3, -0.25) is 14.5 Å². The van der Waals surface area contributed by atoms with Crippen molar-refractivity contribution in [3.05, 3.63) is 35.9 Å². The summed E-state index contributed by atoms with van der Waals surface area (Å²) >= 11 is 0. The predicted octanol–water partition coefficient (Wildman–Crippen LogP) is 2.86. The molecule has 5 heteroatoms. The maximum absolute atomic E-state index is 12.1. The van der Waals surface area contributed by atoms with Gasteiger partial charge in [0.2, 0.25) is 11.8 Å². The van der Waals surface area contributed by atoms with Crippen LogP contribution in [0.25, 0.3) is 0 Å². The zero-order valence-electron chi connectivity index (χ0n) is 13.4. The number of benzene rings is 1. The summed E-state index contributed by atoms with van der Waals surface area (Å²) in [4.78, 5) is 25.7. The summed E-state index contributed by atoms with van der Waals surface area (Å²) in [6.07, 6.45) is 8.09. The number of ether oxygens (including phenoxy) is 1. The molecule has 1 N–H and O–H groups in total. The zero-order chi connectivity index (χ0) is 16.2. The Morgan fingerprint density at radius 3 is 3.00 bits per heavy atom. The molecule has 0 fully saturated rings. The number of carbonyl (C=O) groups excluding carboxylic acids is 2. The number of rotatable bonds is 5. The molecule has 2 aliphatic rings. The van der Waals surface area contributed by atoms with Gasteiger partial charge in [0, 0.05) is 31.3 Å². The van der Waals surface area contributed by atoms with E-state index in [4.69, 9.17) is 4.74 Å². The molecule has 23 heavy (non-hydrogen) atoms. The molecule has 1 aliphatic heterocycles. The largest absolute Gasteiger partial charge is 0.364 e. The molecule has 1 unspecified atom stereocenters. The lowest BCUT2D eigenvalue weighted by atomic mass is 10.0. The van der Waals surface area contributed by atoms with Crippen LogP contribution in [0.1, 0.15) is 31.2 Å². The lowest BCUT2D eigenvalue weighted by Gasteiger charge is -2.29. The topological polar surface area (TPSA) is 58.6 Å². The maximum atomic E-state index is 12.1. The van der Waals surface area contributed by atoms with Gasteiger partial charge in [-0.2, -0.15) is 0 Å². The number of methoxy groups -OCH3 is 1. The number of nitrogens with zero attached hydrogens (tertiary/aromatic N) is 1. The first-order valence-electron chi connectivity index (χ1n) is 8.06. The molecule has 1 aliphatic carbocycles. The molecule has 1 heterocycles. The van der Waals surface area contributed by atoms with Crippen LogP contribution in [0.4, 0.5) is 11.4 Å². The van der Waals surface area contributed by atoms with E-state index in [1.807, 2.05) is 18.2 Å². The van der Waals surface area contributed by atoms with Crippen LogP contribution < -0.4 is 10.2 Å². The third-order valence-corrected chi connectivity index (χ3v) is 4.38. The first-order valence-corrected chi connectivity index (χ1v) is 8.06. The average molecular weight is 314 g/mol. The number of carbonyl (C=O) groups is 2. The highest BCUT2D eigenvalue weighted by Gasteiger charge is 2.24. The Morgan fingerprint density at radius 1 is 1.39 bits per heavy atom. The lowest BCUT2D eigenvalue weighted by Crippen LogP contribution is -2.36. The van der Waals surface area contributed by atoms with Crippen LogP contribution in [0.15, 0.2) is 30.4 Å². The Morgan fingerprint density at radius 2 is 2.26 bits per heavy atom. The summed E-state index contributed by atoms with van der Waals surface area (Å²) in [5.41, 5.74) is 2.74. The highest BCUT2D eigenvalue weighted by molar-refractivity contribution is 5.97. The molecule has 0 aromatic heterocycles. The van der Waals surface area contributed by atoms with E-state index < -0.39 is 0 Å². The number of nitrogens with one attached hydrogen (secondary N) is 1. The van der Waals surface area contributed by atoms with Crippen molar-refractivity contribution in [2.24, 2.45) is 5.92 Å². The van der Waals surface area contributed by atoms with Gasteiger partial charge < -0.3 is 10.1 Å². The SMILES string of the molecule is COCN1C(=O)CCc2cc(NC(=O)CC3C=CCC3)ccc21. The number of aryl methyl sites for hydroxylation is 1. The molecule has 1 aromatic rings. The van der Waals surface area contributed by atoms with Gasteiger partial charge >= 0.3 is 0 Å². The fraction of sp³-hybridized carbons (Fsp3) is 0.444. The zero-order valence-corrected chi connectivity index (χ0v) is 13.4. The normalized spacial score (nSPS) is 19.8. The Kier molecular flexibility index (Phi) is 4.76. The van der Waals surface area contributed by atoms with Gasteiger partial charge in [0.1, 0.15) is 6.73 Å². The first kappa shape index (κ1) is 15.7. The van der Waals surface area contributed by atoms with Crippen molar-refractivity contribution in [1.29, 1.82) is 0 Å². The highest BCUT2D eigenvalue weighted by Crippen LogP contribution is 2.30. The second kappa shape index (κ2) is 6.96. The monoisotopic (exact) mass is 314 g/mol. The second-order valence-electron chi connectivity index (χ2n) is 6.10. The minimum atomic E-state index is 0.0436. The van der Waals surface area contributed by atoms with Crippen LogP contribution >= 0.6 is 0 Å². The van der Waals surface area contributed by atoms with Gasteiger partial charge in [0.15, 0.2) is 0 Å². The summed E-state index contributed by atoms with van der Waals surface area (Å²) < 4.78 is 5.11. The van der Waals surface area contributed by atoms with Crippen molar-refractivity contribution < 1.29 is 14.3 Å². The third-order valence-electron chi connectivity index (χ3n) is 4.38. The molecule has 0 saturated carbocycles. The van der Waals surface area contributed by atoms with Crippen molar-refractivity contribution in [2.45, 2.75) is 32.1 Å². The molecule has 5 nitrogen and oxygen atoms in total. The number of hydrogen-bond acceptors (Lipinski definition) is 3. The molecule has 0 bridgehead atoms. The Labute approximate surface area is 136 Å². The number of allylic oxidation sites excluding steroid dienone is 2. The van der Waals surface area contributed by atoms with E-state index in [2.05, 4.69) is 17.5 Å². The summed E-state index contributed by atoms with van der Waals surface area (Å²) in [6.45, 7) is 0.256. The molecular formula is C18H22N2O3. The molecule has 1 atom stereocenters. The number of fused-ring (bicyclic) bond motifs is 1. The van der Waals surface area contributed by atoms with Gasteiger partial charge in [-0.1, -0.05) is 12.2 Å². The van der Waals surface area contributed by atoms with Gasteiger partial charge in [-0.05, 0) is 48.9 Å². The van der Waals surface area contributed by atoms with Crippen LogP contribution in [-0.4, -0.2) is 25.7 Å². The maximum Gasteiger partial charge on any atom is 0.229 e. The molecule has 1 aromatic carbocycles. The molecule has 0 spiro atoms. The predicted molar refractivity (Wildman–Crippen MR) is 89.2 cm³/mol. The number of hydrogen-bond donors (Lipinski definition) is 1. The number of anilines is 2. The van der Waals surface area contributed by atoms with Crippen molar-refractivity contribution in [3.8, 4) is 0 Å². The van der Waals surface area contributed by atoms with Crippen molar-refractivity contribution >= 4 is 23.2 Å². The quantitative estimate of drug-likeness (QED) is 0.850. The minimum Gasteiger partial charge on any atom is -0.364 e. The van der Waals surface area contributed by atoms with E-state index in [9.17, 15) is 9.59 Å². The Balaban J connectivity index is 1.69. The van der Waals surface area contributed by atoms with Crippen LogP contribution in [-0.2, 0) is 20.7 Å². The van der Waals surface area contributed by atoms with E-state index in [0.717, 1.165) is 29.8 Å². The van der Waals surface area contributed by atoms with Crippen LogP contribution in [0.2, 0.25) is 0 Å². The smallest absolute Gasteiger partial charge is 0.229 e. The van der Waals surface area contributed by atoms with Crippen molar-refractivity contribution in [1.82, 2.24) is 0 Å². The molecule has 0 saturated heterocycles. The van der Waals surface area contributed by atoms with Gasteiger partial charge in [0.25, 0.3) is 0 Å². The van der Waals surface area contributed by atoms with Crippen molar-refractivity contribution in [2.75, 3.05) is 24.1 Å². The molecule has 0 radical (unpaired) electrons. The fourth-order valence-electron chi connectivity index (χ4n) is 3.22. The Hall–Kier alpha value is -2.14. The Bertz CT molecular complexity index is 639. The molecule has 3 rings (SSSR count). The van der Waals surface area contributed by atoms with Gasteiger partial charge in [0.05, 0.1) is 0 Å². The van der Waals surface area contributed by atoms with Crippen LogP contribution in [0.5, 0.6) is 0 Å². The first-order chi connectivity index (χ1) is 11.2. The van der Waals surface area contributed by atoms with E-state index in [1.54, 1.807) is 12.0 Å². The fourth-order valence-corrected chi connectivity index (χ4v) is 3.22. The summed E-state index contributed by atoms with van der Waals surface area (Å²) in [5, 5.41) is 2.97. The van der Waals surface area contributed by atoms with Crippen molar-refractivity contribution in [3.63, 3.8) is 0 Å². The van der Waals surface area contributed by atoms with E-state index >= 15 is 0 Å². The molecule has 122 valence electrons. The van der Waals surface area contributed by atoms with Crippen LogP contribution in [0, 0.1) is 5.92 Å². The lowest BCUT2D eigenvalue weighted by molar-refractivity contribution is -0.120. The summed E-state index contributed by atoms with van der Waals surface area (Å²) in [6, 6.07) is 5.70. The minimum absolute atomic E-state index is 0.0436. The van der Waals surface area contributed by atoms with E-state index in [0.29, 0.717) is 25.2 Å². The summed E-state index contributed by atoms with van der Waals surface area (Å²) in [5.74, 6) is 0.480. The average Bonchev–Trinajstić information content (AvgIpc) is 3.03. The van der Waals surface area contributed by atoms with Gasteiger partial charge in [-0.25, -0.2) is 0 Å². The third kappa shape index (κ3) is 3.62. The van der Waals surface area contributed by atoms with E-state index in [-0.39, 0.29) is 18.5 Å². The summed E-state index contributed by atoms with van der Waals surface area (Å²) in [7, 11) is 1.58. The molecule has 2 amide bonds. The molecular weight excluding hydrogens is 292 g/mol. The second-order valence-corrected chi connectivity index (χ2v) is 6.10. The van der Waals surface area contributed by atoms with Gasteiger partial charge in [-0.15, -0.1) is 0 Å². The highest BCUT2D eigenvalue weighted by atomic mass is 16.5. The number of amides is 2. The van der Waals surface area contributed by atoms with Crippen LogP contribution in [0.3, 0.4) is 0 Å². The standard InChI is InChI=1S/C18H22N2O3/c1-23-12-20-16-8-7-15(11-14(16)6-9-18(20)22)19-17(21)10-13-4-2-3-5-13/h2,4,7-8,11,13H,3,5-6,9-10,12H2,1H3,(H,19,21). The van der Waals surface area contributed by atoms with E-state index in [1.165, 1.54) is 0 Å².